The number of ether oxygens (including phenoxy) is 4. The van der Waals surface area contributed by atoms with Crippen LogP contribution in [0.25, 0.3) is 6.08 Å². The lowest BCUT2D eigenvalue weighted by atomic mass is 9.84. The second-order valence-corrected chi connectivity index (χ2v) is 8.96. The highest BCUT2D eigenvalue weighted by Crippen LogP contribution is 2.42. The smallest absolute Gasteiger partial charge is 0.334 e. The number of carbonyl (C=O) groups is 3. The van der Waals surface area contributed by atoms with E-state index < -0.39 is 18.0 Å². The quantitative estimate of drug-likeness (QED) is 0.323. The molecule has 1 aliphatic heterocycles. The molecule has 1 heterocycles. The average Bonchev–Trinajstić information content (AvgIpc) is 3.31. The third-order valence-electron chi connectivity index (χ3n) is 6.94. The normalized spacial score (nSPS) is 21.1. The SMILES string of the molecule is COC(=O)/C=C/c1ccc(OC(=O)C2CC3CCCCC3N2C(=O)c2ccccc2OC)c(OC)c1. The van der Waals surface area contributed by atoms with Gasteiger partial charge in [0.1, 0.15) is 11.8 Å². The Balaban J connectivity index is 1.59. The Morgan fingerprint density at radius 2 is 1.67 bits per heavy atom. The number of amides is 1. The number of benzene rings is 2. The zero-order valence-electron chi connectivity index (χ0n) is 20.8. The number of nitrogens with zero attached hydrogens (tertiary/aromatic N) is 1. The first kappa shape index (κ1) is 25.3. The van der Waals surface area contributed by atoms with Crippen molar-refractivity contribution in [3.63, 3.8) is 0 Å². The van der Waals surface area contributed by atoms with Crippen LogP contribution >= 0.6 is 0 Å². The predicted molar refractivity (Wildman–Crippen MR) is 133 cm³/mol. The fraction of sp³-hybridized carbons (Fsp3) is 0.393. The summed E-state index contributed by atoms with van der Waals surface area (Å²) in [6.07, 6.45) is 7.39. The zero-order chi connectivity index (χ0) is 25.7. The fourth-order valence-corrected chi connectivity index (χ4v) is 5.20. The summed E-state index contributed by atoms with van der Waals surface area (Å²) >= 11 is 0. The van der Waals surface area contributed by atoms with E-state index in [1.807, 2.05) is 6.07 Å². The Bertz CT molecular complexity index is 1160. The van der Waals surface area contributed by atoms with Gasteiger partial charge in [0.05, 0.1) is 26.9 Å². The molecular weight excluding hydrogens is 462 g/mol. The average molecular weight is 494 g/mol. The van der Waals surface area contributed by atoms with Gasteiger partial charge in [0.2, 0.25) is 0 Å². The van der Waals surface area contributed by atoms with Crippen molar-refractivity contribution in [3.8, 4) is 17.2 Å². The molecule has 36 heavy (non-hydrogen) atoms. The number of hydrogen-bond donors (Lipinski definition) is 0. The standard InChI is InChI=1S/C28H31NO7/c1-33-23-11-7-5-9-20(23)27(31)29-21-10-6-4-8-19(21)17-22(29)28(32)36-24-14-12-18(16-25(24)34-2)13-15-26(30)35-3/h5,7,9,11-16,19,21-22H,4,6,8,10,17H2,1-3H3/b15-13+. The summed E-state index contributed by atoms with van der Waals surface area (Å²) in [6.45, 7) is 0. The molecule has 8 nitrogen and oxygen atoms in total. The molecule has 1 aliphatic carbocycles. The summed E-state index contributed by atoms with van der Waals surface area (Å²) in [7, 11) is 4.31. The highest BCUT2D eigenvalue weighted by atomic mass is 16.6. The molecule has 1 saturated carbocycles. The van der Waals surface area contributed by atoms with Crippen molar-refractivity contribution in [2.75, 3.05) is 21.3 Å². The number of para-hydroxylation sites is 1. The van der Waals surface area contributed by atoms with Gasteiger partial charge in [0, 0.05) is 12.1 Å². The van der Waals surface area contributed by atoms with Crippen LogP contribution in [-0.2, 0) is 14.3 Å². The predicted octanol–water partition coefficient (Wildman–Crippen LogP) is 4.27. The maximum Gasteiger partial charge on any atom is 0.334 e. The number of methoxy groups -OCH3 is 3. The first-order chi connectivity index (χ1) is 17.5. The molecule has 4 rings (SSSR count). The van der Waals surface area contributed by atoms with E-state index >= 15 is 0 Å². The molecule has 190 valence electrons. The van der Waals surface area contributed by atoms with E-state index in [2.05, 4.69) is 4.74 Å². The molecular formula is C28H31NO7. The monoisotopic (exact) mass is 493 g/mol. The van der Waals surface area contributed by atoms with Gasteiger partial charge in [-0.1, -0.05) is 31.0 Å². The number of likely N-dealkylation sites (tertiary alicyclic amines) is 1. The second-order valence-electron chi connectivity index (χ2n) is 8.96. The van der Waals surface area contributed by atoms with Crippen molar-refractivity contribution in [2.45, 2.75) is 44.2 Å². The summed E-state index contributed by atoms with van der Waals surface area (Å²) in [5.74, 6) is 0.120. The van der Waals surface area contributed by atoms with Crippen LogP contribution in [0.1, 0.15) is 48.0 Å². The van der Waals surface area contributed by atoms with Gasteiger partial charge in [-0.25, -0.2) is 9.59 Å². The van der Waals surface area contributed by atoms with Crippen molar-refractivity contribution in [1.29, 1.82) is 0 Å². The van der Waals surface area contributed by atoms with E-state index in [-0.39, 0.29) is 23.6 Å². The third kappa shape index (κ3) is 5.22. The van der Waals surface area contributed by atoms with Gasteiger partial charge in [0.15, 0.2) is 11.5 Å². The Morgan fingerprint density at radius 3 is 2.42 bits per heavy atom. The van der Waals surface area contributed by atoms with Crippen molar-refractivity contribution < 1.29 is 33.3 Å². The van der Waals surface area contributed by atoms with Crippen LogP contribution in [0.4, 0.5) is 0 Å². The van der Waals surface area contributed by atoms with Crippen LogP contribution < -0.4 is 14.2 Å². The van der Waals surface area contributed by atoms with Crippen LogP contribution in [0.15, 0.2) is 48.5 Å². The van der Waals surface area contributed by atoms with Crippen LogP contribution in [0, 0.1) is 5.92 Å². The Kier molecular flexibility index (Phi) is 7.93. The maximum absolute atomic E-state index is 13.7. The largest absolute Gasteiger partial charge is 0.496 e. The van der Waals surface area contributed by atoms with Crippen LogP contribution in [-0.4, -0.2) is 56.2 Å². The molecule has 2 fully saturated rings. The highest BCUT2D eigenvalue weighted by molar-refractivity contribution is 6.00. The van der Waals surface area contributed by atoms with Gasteiger partial charge in [-0.3, -0.25) is 4.79 Å². The topological polar surface area (TPSA) is 91.4 Å². The lowest BCUT2D eigenvalue weighted by molar-refractivity contribution is -0.139. The fourth-order valence-electron chi connectivity index (χ4n) is 5.20. The molecule has 1 saturated heterocycles. The van der Waals surface area contributed by atoms with Crippen LogP contribution in [0.2, 0.25) is 0 Å². The van der Waals surface area contributed by atoms with Crippen molar-refractivity contribution >= 4 is 23.9 Å². The molecule has 0 radical (unpaired) electrons. The van der Waals surface area contributed by atoms with E-state index in [0.29, 0.717) is 29.0 Å². The Labute approximate surface area is 210 Å². The van der Waals surface area contributed by atoms with E-state index in [1.54, 1.807) is 47.4 Å². The molecule has 0 N–H and O–H groups in total. The van der Waals surface area contributed by atoms with Crippen LogP contribution in [0.5, 0.6) is 17.2 Å². The lowest BCUT2D eigenvalue weighted by Gasteiger charge is -2.33. The maximum atomic E-state index is 13.7. The number of carbonyl (C=O) groups excluding carboxylic acids is 3. The summed E-state index contributed by atoms with van der Waals surface area (Å²) in [5, 5.41) is 0. The van der Waals surface area contributed by atoms with Crippen molar-refractivity contribution in [2.24, 2.45) is 5.92 Å². The first-order valence-corrected chi connectivity index (χ1v) is 12.1. The van der Waals surface area contributed by atoms with Gasteiger partial charge in [0.25, 0.3) is 5.91 Å². The van der Waals surface area contributed by atoms with Crippen molar-refractivity contribution in [1.82, 2.24) is 4.90 Å². The molecule has 1 amide bonds. The van der Waals surface area contributed by atoms with Crippen LogP contribution in [0.3, 0.4) is 0 Å². The van der Waals surface area contributed by atoms with Gasteiger partial charge in [-0.2, -0.15) is 0 Å². The number of fused-ring (bicyclic) bond motifs is 1. The lowest BCUT2D eigenvalue weighted by Crippen LogP contribution is -2.47. The molecule has 8 heteroatoms. The van der Waals surface area contributed by atoms with Crippen molar-refractivity contribution in [3.05, 3.63) is 59.7 Å². The van der Waals surface area contributed by atoms with Gasteiger partial charge in [-0.05, 0) is 61.1 Å². The van der Waals surface area contributed by atoms with E-state index in [0.717, 1.165) is 25.7 Å². The van der Waals surface area contributed by atoms with E-state index in [1.165, 1.54) is 27.4 Å². The molecule has 2 aliphatic rings. The summed E-state index contributed by atoms with van der Waals surface area (Å²) in [5.41, 5.74) is 1.11. The van der Waals surface area contributed by atoms with Gasteiger partial charge in [-0.15, -0.1) is 0 Å². The first-order valence-electron chi connectivity index (χ1n) is 12.1. The van der Waals surface area contributed by atoms with E-state index in [4.69, 9.17) is 14.2 Å². The molecule has 0 bridgehead atoms. The highest BCUT2D eigenvalue weighted by Gasteiger charge is 2.48. The molecule has 2 aromatic carbocycles. The zero-order valence-corrected chi connectivity index (χ0v) is 20.8. The minimum atomic E-state index is -0.709. The number of rotatable bonds is 7. The molecule has 2 aromatic rings. The van der Waals surface area contributed by atoms with E-state index in [9.17, 15) is 14.4 Å². The summed E-state index contributed by atoms with van der Waals surface area (Å²) < 4.78 is 21.3. The summed E-state index contributed by atoms with van der Waals surface area (Å²) in [4.78, 5) is 40.3. The van der Waals surface area contributed by atoms with Gasteiger partial charge < -0.3 is 23.8 Å². The Morgan fingerprint density at radius 1 is 0.917 bits per heavy atom. The number of hydrogen-bond acceptors (Lipinski definition) is 7. The minimum Gasteiger partial charge on any atom is -0.496 e. The molecule has 3 atom stereocenters. The summed E-state index contributed by atoms with van der Waals surface area (Å²) in [6, 6.07) is 11.3. The van der Waals surface area contributed by atoms with Gasteiger partial charge >= 0.3 is 11.9 Å². The molecule has 0 aromatic heterocycles. The number of esters is 2. The minimum absolute atomic E-state index is 0.0126. The second kappa shape index (κ2) is 11.3. The molecule has 0 spiro atoms. The Hall–Kier alpha value is -3.81. The molecule has 3 unspecified atom stereocenters. The third-order valence-corrected chi connectivity index (χ3v) is 6.94.